The highest BCUT2D eigenvalue weighted by Gasteiger charge is 2.40. The molecule has 1 aliphatic heterocycles. The number of fused-ring (bicyclic) bond motifs is 1. The summed E-state index contributed by atoms with van der Waals surface area (Å²) in [6, 6.07) is 9.70. The Bertz CT molecular complexity index is 1640. The molecule has 0 saturated carbocycles. The van der Waals surface area contributed by atoms with Gasteiger partial charge in [0.2, 0.25) is 0 Å². The molecule has 1 aliphatic rings. The lowest BCUT2D eigenvalue weighted by Gasteiger charge is -2.43. The third kappa shape index (κ3) is 5.50. The van der Waals surface area contributed by atoms with E-state index < -0.39 is 35.7 Å². The van der Waals surface area contributed by atoms with Crippen molar-refractivity contribution < 1.29 is 36.9 Å². The highest BCUT2D eigenvalue weighted by atomic mass is 19.4. The lowest BCUT2D eigenvalue weighted by Crippen LogP contribution is -2.55. The normalized spacial score (nSPS) is 16.9. The molecule has 2 aromatic carbocycles. The maximum Gasteiger partial charge on any atom is 0.433 e. The molecule has 0 radical (unpaired) electrons. The van der Waals surface area contributed by atoms with Gasteiger partial charge in [0, 0.05) is 42.4 Å². The number of methoxy groups -OCH3 is 2. The van der Waals surface area contributed by atoms with Crippen molar-refractivity contribution in [3.05, 3.63) is 76.9 Å². The molecular formula is C30H31F4N5O4. The molecule has 3 heterocycles. The van der Waals surface area contributed by atoms with E-state index in [0.29, 0.717) is 21.6 Å². The SMILES string of the molecule is COc1ccc(-c2nc3c(C(=O)N4CCN([C@H](CO)c5c(F)cccc5OC)C[C@H]4C)cnn3c(C(F)(F)F)c2C)cc1. The number of aromatic nitrogens is 3. The Kier molecular flexibility index (Phi) is 8.30. The van der Waals surface area contributed by atoms with Crippen molar-refractivity contribution in [2.45, 2.75) is 32.1 Å². The van der Waals surface area contributed by atoms with Crippen molar-refractivity contribution in [2.24, 2.45) is 0 Å². The van der Waals surface area contributed by atoms with Crippen molar-refractivity contribution in [3.8, 4) is 22.8 Å². The Morgan fingerprint density at radius 3 is 2.44 bits per heavy atom. The average Bonchev–Trinajstić information content (AvgIpc) is 3.40. The fourth-order valence-electron chi connectivity index (χ4n) is 5.72. The van der Waals surface area contributed by atoms with Crippen molar-refractivity contribution in [2.75, 3.05) is 40.5 Å². The van der Waals surface area contributed by atoms with Crippen LogP contribution in [0.2, 0.25) is 0 Å². The molecule has 5 rings (SSSR count). The monoisotopic (exact) mass is 601 g/mol. The zero-order chi connectivity index (χ0) is 31.1. The van der Waals surface area contributed by atoms with E-state index in [4.69, 9.17) is 9.47 Å². The van der Waals surface area contributed by atoms with Crippen molar-refractivity contribution in [1.82, 2.24) is 24.4 Å². The number of carbonyl (C=O) groups excluding carboxylic acids is 1. The number of piperazine rings is 1. The van der Waals surface area contributed by atoms with Crippen LogP contribution in [0.25, 0.3) is 16.9 Å². The molecule has 1 N–H and O–H groups in total. The number of rotatable bonds is 7. The minimum atomic E-state index is -4.77. The molecule has 0 bridgehead atoms. The lowest BCUT2D eigenvalue weighted by molar-refractivity contribution is -0.143. The number of amides is 1. The molecule has 2 aromatic heterocycles. The van der Waals surface area contributed by atoms with Gasteiger partial charge in [-0.3, -0.25) is 9.69 Å². The molecule has 13 heteroatoms. The first-order chi connectivity index (χ1) is 20.5. The van der Waals surface area contributed by atoms with Gasteiger partial charge in [0.15, 0.2) is 11.3 Å². The highest BCUT2D eigenvalue weighted by molar-refractivity contribution is 6.00. The van der Waals surface area contributed by atoms with Gasteiger partial charge < -0.3 is 19.5 Å². The number of aliphatic hydroxyl groups is 1. The minimum absolute atomic E-state index is 0.0690. The molecule has 0 spiro atoms. The van der Waals surface area contributed by atoms with Crippen molar-refractivity contribution >= 4 is 11.6 Å². The predicted molar refractivity (Wildman–Crippen MR) is 150 cm³/mol. The molecular weight excluding hydrogens is 570 g/mol. The van der Waals surface area contributed by atoms with Gasteiger partial charge in [0.25, 0.3) is 5.91 Å². The second kappa shape index (κ2) is 11.8. The van der Waals surface area contributed by atoms with E-state index in [1.165, 1.54) is 38.2 Å². The number of aliphatic hydroxyl groups excluding tert-OH is 1. The topological polar surface area (TPSA) is 92.4 Å². The first-order valence-corrected chi connectivity index (χ1v) is 13.6. The molecule has 1 saturated heterocycles. The molecule has 2 atom stereocenters. The molecule has 0 unspecified atom stereocenters. The van der Waals surface area contributed by atoms with Gasteiger partial charge >= 0.3 is 6.18 Å². The molecule has 43 heavy (non-hydrogen) atoms. The van der Waals surface area contributed by atoms with Crippen LogP contribution in [0.15, 0.2) is 48.7 Å². The van der Waals surface area contributed by atoms with E-state index >= 15 is 0 Å². The average molecular weight is 602 g/mol. The van der Waals surface area contributed by atoms with Gasteiger partial charge in [-0.1, -0.05) is 6.07 Å². The molecule has 1 amide bonds. The van der Waals surface area contributed by atoms with Crippen molar-refractivity contribution in [3.63, 3.8) is 0 Å². The van der Waals surface area contributed by atoms with E-state index in [9.17, 15) is 27.5 Å². The second-order valence-corrected chi connectivity index (χ2v) is 10.4. The van der Waals surface area contributed by atoms with Gasteiger partial charge in [-0.05, 0) is 50.2 Å². The van der Waals surface area contributed by atoms with E-state index in [2.05, 4.69) is 10.1 Å². The third-order valence-electron chi connectivity index (χ3n) is 7.85. The number of carbonyl (C=O) groups is 1. The van der Waals surface area contributed by atoms with E-state index in [0.717, 1.165) is 6.20 Å². The number of halogens is 4. The Balaban J connectivity index is 1.49. The number of benzene rings is 2. The largest absolute Gasteiger partial charge is 0.497 e. The lowest BCUT2D eigenvalue weighted by atomic mass is 10.0. The van der Waals surface area contributed by atoms with Crippen LogP contribution in [0.5, 0.6) is 11.5 Å². The van der Waals surface area contributed by atoms with E-state index in [1.807, 2.05) is 4.90 Å². The van der Waals surface area contributed by atoms with Crippen LogP contribution in [0, 0.1) is 12.7 Å². The van der Waals surface area contributed by atoms with Crippen LogP contribution in [-0.2, 0) is 6.18 Å². The van der Waals surface area contributed by atoms with Crippen LogP contribution < -0.4 is 9.47 Å². The van der Waals surface area contributed by atoms with Gasteiger partial charge in [-0.25, -0.2) is 13.9 Å². The molecule has 9 nitrogen and oxygen atoms in total. The van der Waals surface area contributed by atoms with Crippen LogP contribution in [0.4, 0.5) is 17.6 Å². The van der Waals surface area contributed by atoms with Gasteiger partial charge in [0.05, 0.1) is 38.8 Å². The zero-order valence-corrected chi connectivity index (χ0v) is 24.0. The maximum absolute atomic E-state index is 14.8. The number of ether oxygens (including phenoxy) is 2. The van der Waals surface area contributed by atoms with Gasteiger partial charge in [-0.2, -0.15) is 18.3 Å². The summed E-state index contributed by atoms with van der Waals surface area (Å²) in [6.07, 6.45) is -3.66. The number of alkyl halides is 3. The van der Waals surface area contributed by atoms with Crippen LogP contribution in [0.1, 0.15) is 40.1 Å². The fourth-order valence-corrected chi connectivity index (χ4v) is 5.72. The first-order valence-electron chi connectivity index (χ1n) is 13.6. The summed E-state index contributed by atoms with van der Waals surface area (Å²) in [4.78, 5) is 21.7. The quantitative estimate of drug-likeness (QED) is 0.306. The summed E-state index contributed by atoms with van der Waals surface area (Å²) < 4.78 is 69.0. The highest BCUT2D eigenvalue weighted by Crippen LogP contribution is 2.37. The van der Waals surface area contributed by atoms with Gasteiger partial charge in [0.1, 0.15) is 22.9 Å². The number of hydrogen-bond acceptors (Lipinski definition) is 7. The van der Waals surface area contributed by atoms with Crippen molar-refractivity contribution in [1.29, 1.82) is 0 Å². The maximum atomic E-state index is 14.8. The smallest absolute Gasteiger partial charge is 0.433 e. The summed E-state index contributed by atoms with van der Waals surface area (Å²) >= 11 is 0. The van der Waals surface area contributed by atoms with Crippen LogP contribution >= 0.6 is 0 Å². The standard InChI is InChI=1S/C30H31F4N5O4/c1-17-15-37(23(16-40)25-22(31)6-5-7-24(25)43-4)12-13-38(17)29(41)21-14-35-39-27(30(32,33)34)18(2)26(36-28(21)39)19-8-10-20(42-3)11-9-19/h5-11,14,17,23,40H,12-13,15-16H2,1-4H3/t17-,23-/m1/s1. The molecule has 0 aliphatic carbocycles. The Morgan fingerprint density at radius 1 is 1.12 bits per heavy atom. The van der Waals surface area contributed by atoms with E-state index in [-0.39, 0.29) is 54.3 Å². The second-order valence-electron chi connectivity index (χ2n) is 10.4. The van der Waals surface area contributed by atoms with Gasteiger partial charge in [-0.15, -0.1) is 0 Å². The summed E-state index contributed by atoms with van der Waals surface area (Å²) in [5, 5.41) is 14.1. The Hall–Kier alpha value is -4.23. The first kappa shape index (κ1) is 30.2. The predicted octanol–water partition coefficient (Wildman–Crippen LogP) is 4.76. The molecule has 228 valence electrons. The van der Waals surface area contributed by atoms with E-state index in [1.54, 1.807) is 37.3 Å². The zero-order valence-electron chi connectivity index (χ0n) is 24.0. The minimum Gasteiger partial charge on any atom is -0.497 e. The molecule has 4 aromatic rings. The third-order valence-corrected chi connectivity index (χ3v) is 7.85. The summed E-state index contributed by atoms with van der Waals surface area (Å²) in [5.74, 6) is -0.225. The fraction of sp³-hybridized carbons (Fsp3) is 0.367. The number of nitrogens with zero attached hydrogens (tertiary/aromatic N) is 5. The van der Waals surface area contributed by atoms with Crippen LogP contribution in [-0.4, -0.2) is 81.9 Å². The summed E-state index contributed by atoms with van der Waals surface area (Å²) in [6.45, 7) is 3.43. The summed E-state index contributed by atoms with van der Waals surface area (Å²) in [5.41, 5.74) is -0.737. The Morgan fingerprint density at radius 2 is 1.84 bits per heavy atom. The van der Waals surface area contributed by atoms with Crippen LogP contribution in [0.3, 0.4) is 0 Å². The molecule has 1 fully saturated rings. The summed E-state index contributed by atoms with van der Waals surface area (Å²) in [7, 11) is 2.90. The Labute approximate surface area is 245 Å². The number of hydrogen-bond donors (Lipinski definition) is 1.